The lowest BCUT2D eigenvalue weighted by Crippen LogP contribution is -2.42. The first kappa shape index (κ1) is 34.9. The fourth-order valence-corrected chi connectivity index (χ4v) is 6.60. The first-order chi connectivity index (χ1) is 24.0. The van der Waals surface area contributed by atoms with E-state index in [1.165, 1.54) is 24.9 Å². The zero-order chi connectivity index (χ0) is 35.6. The molecule has 5 aromatic rings. The van der Waals surface area contributed by atoms with Crippen LogP contribution >= 0.6 is 8.17 Å². The monoisotopic (exact) mass is 706 g/mol. The van der Waals surface area contributed by atoms with Crippen LogP contribution in [-0.4, -0.2) is 68.2 Å². The Labute approximate surface area is 287 Å². The van der Waals surface area contributed by atoms with Crippen molar-refractivity contribution in [3.63, 3.8) is 0 Å². The maximum absolute atomic E-state index is 15.9. The molecule has 2 aromatic heterocycles. The Balaban J connectivity index is 1.23. The number of imidazole rings is 1. The number of nitrogens with zero attached hydrogens (tertiary/aromatic N) is 5. The maximum atomic E-state index is 15.9. The lowest BCUT2D eigenvalue weighted by Gasteiger charge is -2.26. The number of aromatic nitrogens is 4. The summed E-state index contributed by atoms with van der Waals surface area (Å²) in [5.41, 5.74) is 5.02. The van der Waals surface area contributed by atoms with Crippen molar-refractivity contribution >= 4 is 42.0 Å². The van der Waals surface area contributed by atoms with E-state index in [1.807, 2.05) is 42.5 Å². The van der Waals surface area contributed by atoms with Crippen LogP contribution in [-0.2, 0) is 20.9 Å². The number of carbonyl (C=O) groups is 1. The lowest BCUT2D eigenvalue weighted by molar-refractivity contribution is -0.170. The van der Waals surface area contributed by atoms with Crippen molar-refractivity contribution in [3.8, 4) is 17.4 Å². The number of esters is 1. The van der Waals surface area contributed by atoms with Gasteiger partial charge in [0.05, 0.1) is 13.4 Å². The normalized spacial score (nSPS) is 21.4. The van der Waals surface area contributed by atoms with Crippen molar-refractivity contribution < 1.29 is 42.7 Å². The van der Waals surface area contributed by atoms with E-state index in [1.54, 1.807) is 38.1 Å². The number of methoxy groups -OCH3 is 1. The van der Waals surface area contributed by atoms with E-state index in [9.17, 15) is 14.8 Å². The second kappa shape index (κ2) is 14.5. The number of halogens is 1. The summed E-state index contributed by atoms with van der Waals surface area (Å²) in [5.74, 6) is -0.793. The van der Waals surface area contributed by atoms with Gasteiger partial charge in [0.1, 0.15) is 24.9 Å². The highest BCUT2D eigenvalue weighted by Crippen LogP contribution is 2.44. The van der Waals surface area contributed by atoms with Crippen LogP contribution in [0.25, 0.3) is 21.9 Å². The van der Waals surface area contributed by atoms with Crippen LogP contribution in [0.1, 0.15) is 32.6 Å². The van der Waals surface area contributed by atoms with Gasteiger partial charge in [0.25, 0.3) is 0 Å². The minimum absolute atomic E-state index is 0.0386. The second-order valence-corrected chi connectivity index (χ2v) is 13.1. The summed E-state index contributed by atoms with van der Waals surface area (Å²) in [6, 6.07) is 18.6. The standard InChI is InChI=1S/C34H36FN6O8P/c1-19(2)25(31(42)47-16-20-10-6-5-7-11-20)40-50(44)49-27-22-13-9-8-12-21(22)14-15-23(27)46-17-24-28(35)34(3,43)32(48-24)41-18-37-26-29(41)38-33(36)39-30(26)45-4/h5-15,18-19,24-25,28,32,43H,16-17H2,1-4H3,(H2,36,38,39)/t24-,25+,28+,32-,34-/m1/s1. The number of nitrogen functional groups attached to an aromatic ring is 1. The molecular formula is C34H36FN6O8P. The van der Waals surface area contributed by atoms with Gasteiger partial charge in [-0.05, 0) is 29.9 Å². The Morgan fingerprint density at radius 1 is 1.16 bits per heavy atom. The van der Waals surface area contributed by atoms with Crippen LogP contribution in [0.5, 0.6) is 17.4 Å². The van der Waals surface area contributed by atoms with E-state index >= 15 is 4.39 Å². The molecule has 16 heteroatoms. The lowest BCUT2D eigenvalue weighted by atomic mass is 9.98. The molecule has 1 aliphatic heterocycles. The fourth-order valence-electron chi connectivity index (χ4n) is 5.65. The summed E-state index contributed by atoms with van der Waals surface area (Å²) in [6.07, 6.45) is -3.13. The van der Waals surface area contributed by atoms with E-state index in [0.29, 0.717) is 5.39 Å². The molecule has 0 radical (unpaired) electrons. The smallest absolute Gasteiger partial charge is 0.395 e. The summed E-state index contributed by atoms with van der Waals surface area (Å²) in [4.78, 5) is 38.8. The first-order valence-electron chi connectivity index (χ1n) is 15.7. The number of alkyl halides is 1. The predicted octanol–water partition coefficient (Wildman–Crippen LogP) is 4.64. The van der Waals surface area contributed by atoms with Gasteiger partial charge in [-0.15, -0.1) is 0 Å². The van der Waals surface area contributed by atoms with E-state index in [-0.39, 0.29) is 53.6 Å². The quantitative estimate of drug-likeness (QED) is 0.135. The van der Waals surface area contributed by atoms with Crippen molar-refractivity contribution in [2.45, 2.75) is 57.5 Å². The highest BCUT2D eigenvalue weighted by atomic mass is 31.1. The molecule has 1 fully saturated rings. The van der Waals surface area contributed by atoms with Crippen LogP contribution in [0.4, 0.5) is 10.3 Å². The van der Waals surface area contributed by atoms with Gasteiger partial charge < -0.3 is 34.7 Å². The average molecular weight is 707 g/mol. The Hall–Kier alpha value is -4.95. The number of benzene rings is 3. The van der Waals surface area contributed by atoms with Crippen molar-refractivity contribution in [1.82, 2.24) is 19.5 Å². The maximum Gasteiger partial charge on any atom is 0.395 e. The zero-order valence-corrected chi connectivity index (χ0v) is 28.6. The molecule has 6 atom stereocenters. The third-order valence-electron chi connectivity index (χ3n) is 8.27. The molecule has 1 aliphatic rings. The molecule has 0 saturated carbocycles. The number of nitrogens with two attached hydrogens (primary N) is 1. The fraction of sp³-hybridized carbons (Fsp3) is 0.353. The molecule has 14 nitrogen and oxygen atoms in total. The molecular weight excluding hydrogens is 670 g/mol. The Morgan fingerprint density at radius 2 is 1.90 bits per heavy atom. The molecule has 0 bridgehead atoms. The number of aliphatic hydroxyl groups is 1. The van der Waals surface area contributed by atoms with Crippen molar-refractivity contribution in [2.75, 3.05) is 19.5 Å². The van der Waals surface area contributed by atoms with Gasteiger partial charge in [0, 0.05) is 5.39 Å². The van der Waals surface area contributed by atoms with Gasteiger partial charge in [-0.1, -0.05) is 79.3 Å². The summed E-state index contributed by atoms with van der Waals surface area (Å²) in [6.45, 7) is 4.48. The van der Waals surface area contributed by atoms with Crippen molar-refractivity contribution in [3.05, 3.63) is 78.6 Å². The van der Waals surface area contributed by atoms with E-state index < -0.39 is 44.3 Å². The minimum atomic E-state index is -2.81. The van der Waals surface area contributed by atoms with Gasteiger partial charge in [0.15, 0.2) is 35.4 Å². The largest absolute Gasteiger partial charge is 0.575 e. The Kier molecular flexibility index (Phi) is 10.1. The van der Waals surface area contributed by atoms with Crippen LogP contribution in [0.2, 0.25) is 0 Å². The summed E-state index contributed by atoms with van der Waals surface area (Å²) in [5, 5.41) is 12.6. The molecule has 6 rings (SSSR count). The van der Waals surface area contributed by atoms with Crippen molar-refractivity contribution in [2.24, 2.45) is 10.7 Å². The number of rotatable bonds is 12. The van der Waals surface area contributed by atoms with Crippen LogP contribution in [0.3, 0.4) is 0 Å². The summed E-state index contributed by atoms with van der Waals surface area (Å²) < 4.78 is 50.0. The summed E-state index contributed by atoms with van der Waals surface area (Å²) in [7, 11) is -1.42. The molecule has 0 spiro atoms. The number of hydrogen-bond donors (Lipinski definition) is 2. The van der Waals surface area contributed by atoms with Gasteiger partial charge in [-0.3, -0.25) is 9.09 Å². The van der Waals surface area contributed by atoms with Crippen LogP contribution in [0.15, 0.2) is 77.8 Å². The third kappa shape index (κ3) is 7.03. The van der Waals surface area contributed by atoms with Crippen LogP contribution < -0.4 is 24.6 Å². The van der Waals surface area contributed by atoms with E-state index in [0.717, 1.165) is 10.9 Å². The van der Waals surface area contributed by atoms with E-state index in [2.05, 4.69) is 19.7 Å². The zero-order valence-electron chi connectivity index (χ0n) is 27.7. The minimum Gasteiger partial charge on any atom is -0.575 e. The molecule has 0 aliphatic carbocycles. The molecule has 3 N–H and O–H groups in total. The Morgan fingerprint density at radius 3 is 2.64 bits per heavy atom. The number of ether oxygens (including phenoxy) is 4. The Bertz CT molecular complexity index is 2030. The molecule has 50 heavy (non-hydrogen) atoms. The topological polar surface area (TPSA) is 188 Å². The van der Waals surface area contributed by atoms with Gasteiger partial charge in [0.2, 0.25) is 17.6 Å². The van der Waals surface area contributed by atoms with Gasteiger partial charge in [-0.2, -0.15) is 9.97 Å². The highest BCUT2D eigenvalue weighted by molar-refractivity contribution is 7.34. The van der Waals surface area contributed by atoms with Crippen LogP contribution in [0, 0.1) is 5.92 Å². The molecule has 1 unspecified atom stereocenters. The van der Waals surface area contributed by atoms with Crippen molar-refractivity contribution in [1.29, 1.82) is 0 Å². The number of hydrogen-bond acceptors (Lipinski definition) is 13. The molecule has 262 valence electrons. The number of carbonyl (C=O) groups excluding carboxylic acids is 1. The molecule has 3 heterocycles. The molecule has 3 aromatic carbocycles. The summed E-state index contributed by atoms with van der Waals surface area (Å²) >= 11 is 0. The predicted molar refractivity (Wildman–Crippen MR) is 180 cm³/mol. The highest BCUT2D eigenvalue weighted by Gasteiger charge is 2.55. The van der Waals surface area contributed by atoms with E-state index in [4.69, 9.17) is 29.2 Å². The average Bonchev–Trinajstić information content (AvgIpc) is 3.62. The second-order valence-electron chi connectivity index (χ2n) is 12.2. The number of anilines is 1. The SMILES string of the molecule is COc1nc(N)nc2c1ncn2[C@@H]1O[C@H](COc2ccc3ccccc3c2O[P+]([O-])=N[C@H](C(=O)OCc2ccccc2)C(C)C)[C@H](F)[C@@]1(C)O. The number of fused-ring (bicyclic) bond motifs is 2. The molecule has 0 amide bonds. The first-order valence-corrected chi connectivity index (χ1v) is 16.9. The van der Waals surface area contributed by atoms with Gasteiger partial charge in [-0.25, -0.2) is 14.2 Å². The third-order valence-corrected chi connectivity index (χ3v) is 9.05. The molecule has 1 saturated heterocycles. The van der Waals surface area contributed by atoms with Gasteiger partial charge >= 0.3 is 14.1 Å².